The maximum atomic E-state index is 12.5. The average molecular weight is 390 g/mol. The Hall–Kier alpha value is -1.69. The first kappa shape index (κ1) is 20.4. The molecule has 3 rings (SSSR count). The van der Waals surface area contributed by atoms with E-state index in [0.29, 0.717) is 29.4 Å². The van der Waals surface area contributed by atoms with Crippen LogP contribution in [0.15, 0.2) is 42.6 Å². The van der Waals surface area contributed by atoms with Crippen LogP contribution in [0.2, 0.25) is 5.02 Å². The highest BCUT2D eigenvalue weighted by molar-refractivity contribution is 6.30. The summed E-state index contributed by atoms with van der Waals surface area (Å²) in [5, 5.41) is 0.622. The zero-order chi connectivity index (χ0) is 15.5. The summed E-state index contributed by atoms with van der Waals surface area (Å²) in [6, 6.07) is 10.9. The Balaban J connectivity index is 0.00000144. The van der Waals surface area contributed by atoms with Crippen molar-refractivity contribution >= 4 is 53.8 Å². The van der Waals surface area contributed by atoms with Gasteiger partial charge in [0.2, 0.25) is 0 Å². The number of nitrogens with two attached hydrogens (primary N) is 1. The largest absolute Gasteiger partial charge is 0.398 e. The van der Waals surface area contributed by atoms with E-state index in [-0.39, 0.29) is 30.7 Å². The van der Waals surface area contributed by atoms with Gasteiger partial charge in [0, 0.05) is 38.1 Å². The van der Waals surface area contributed by atoms with Crippen molar-refractivity contribution < 1.29 is 4.79 Å². The Morgan fingerprint density at radius 1 is 1.04 bits per heavy atom. The highest BCUT2D eigenvalue weighted by atomic mass is 35.5. The van der Waals surface area contributed by atoms with E-state index in [4.69, 9.17) is 17.3 Å². The van der Waals surface area contributed by atoms with Crippen molar-refractivity contribution in [3.05, 3.63) is 53.2 Å². The van der Waals surface area contributed by atoms with Crippen LogP contribution in [-0.2, 0) is 0 Å². The molecule has 24 heavy (non-hydrogen) atoms. The van der Waals surface area contributed by atoms with Gasteiger partial charge in [0.1, 0.15) is 5.82 Å². The summed E-state index contributed by atoms with van der Waals surface area (Å²) >= 11 is 5.85. The van der Waals surface area contributed by atoms with E-state index < -0.39 is 0 Å². The number of nitrogens with zero attached hydrogens (tertiary/aromatic N) is 3. The van der Waals surface area contributed by atoms with Gasteiger partial charge in [-0.25, -0.2) is 4.98 Å². The van der Waals surface area contributed by atoms with Gasteiger partial charge in [-0.05, 0) is 24.3 Å². The zero-order valence-electron chi connectivity index (χ0n) is 12.9. The first-order valence-electron chi connectivity index (χ1n) is 7.15. The number of benzene rings is 1. The van der Waals surface area contributed by atoms with E-state index in [1.165, 1.54) is 0 Å². The number of amides is 1. The molecule has 1 amide bonds. The molecule has 1 saturated heterocycles. The van der Waals surface area contributed by atoms with Gasteiger partial charge >= 0.3 is 0 Å². The van der Waals surface area contributed by atoms with Crippen molar-refractivity contribution in [2.75, 3.05) is 36.8 Å². The third kappa shape index (κ3) is 4.44. The number of carbonyl (C=O) groups is 1. The van der Waals surface area contributed by atoms with Crippen LogP contribution < -0.4 is 10.6 Å². The Labute approximate surface area is 158 Å². The van der Waals surface area contributed by atoms with Gasteiger partial charge in [-0.1, -0.05) is 23.7 Å². The van der Waals surface area contributed by atoms with Crippen LogP contribution in [0.4, 0.5) is 11.5 Å². The molecular weight excluding hydrogens is 371 g/mol. The molecule has 8 heteroatoms. The molecule has 0 aliphatic carbocycles. The molecule has 2 aromatic rings. The van der Waals surface area contributed by atoms with Crippen LogP contribution in [0.25, 0.3) is 0 Å². The number of aromatic nitrogens is 1. The van der Waals surface area contributed by atoms with E-state index >= 15 is 0 Å². The van der Waals surface area contributed by atoms with E-state index in [1.807, 2.05) is 29.2 Å². The molecule has 1 fully saturated rings. The predicted octanol–water partition coefficient (Wildman–Crippen LogP) is 3.12. The van der Waals surface area contributed by atoms with Gasteiger partial charge in [-0.15, -0.1) is 24.8 Å². The number of piperazine rings is 1. The number of anilines is 2. The van der Waals surface area contributed by atoms with Gasteiger partial charge in [0.25, 0.3) is 5.91 Å². The molecule has 1 aromatic carbocycles. The number of pyridine rings is 1. The standard InChI is InChI=1S/C16H17ClN4O.2ClH/c17-12-5-6-15(19-11-12)20-7-9-21(10-8-20)16(22)13-3-1-2-4-14(13)18;;/h1-6,11H,7-10,18H2;2*1H. The number of hydrogen-bond acceptors (Lipinski definition) is 4. The van der Waals surface area contributed by atoms with Crippen LogP contribution in [0.1, 0.15) is 10.4 Å². The van der Waals surface area contributed by atoms with Crippen LogP contribution in [-0.4, -0.2) is 42.0 Å². The van der Waals surface area contributed by atoms with Gasteiger partial charge < -0.3 is 15.5 Å². The highest BCUT2D eigenvalue weighted by Gasteiger charge is 2.23. The van der Waals surface area contributed by atoms with Gasteiger partial charge in [0.05, 0.1) is 10.6 Å². The Bertz CT molecular complexity index is 673. The number of rotatable bonds is 2. The fourth-order valence-corrected chi connectivity index (χ4v) is 2.67. The van der Waals surface area contributed by atoms with Gasteiger partial charge in [-0.2, -0.15) is 0 Å². The monoisotopic (exact) mass is 388 g/mol. The number of hydrogen-bond donors (Lipinski definition) is 1. The molecule has 0 atom stereocenters. The smallest absolute Gasteiger partial charge is 0.256 e. The third-order valence-corrected chi connectivity index (χ3v) is 4.02. The molecular formula is C16H19Cl3N4O. The minimum absolute atomic E-state index is 0. The minimum atomic E-state index is -0.0122. The zero-order valence-corrected chi connectivity index (χ0v) is 15.3. The molecule has 0 spiro atoms. The average Bonchev–Trinajstić information content (AvgIpc) is 2.56. The number of para-hydroxylation sites is 1. The number of halogens is 3. The predicted molar refractivity (Wildman–Crippen MR) is 103 cm³/mol. The molecule has 1 aromatic heterocycles. The molecule has 2 N–H and O–H groups in total. The molecule has 2 heterocycles. The molecule has 1 aliphatic heterocycles. The molecule has 1 aliphatic rings. The van der Waals surface area contributed by atoms with Crippen molar-refractivity contribution in [2.24, 2.45) is 0 Å². The van der Waals surface area contributed by atoms with Crippen LogP contribution >= 0.6 is 36.4 Å². The quantitative estimate of drug-likeness (QED) is 0.802. The Morgan fingerprint density at radius 3 is 2.29 bits per heavy atom. The van der Waals surface area contributed by atoms with Crippen molar-refractivity contribution in [3.8, 4) is 0 Å². The Morgan fingerprint density at radius 2 is 1.71 bits per heavy atom. The van der Waals surface area contributed by atoms with Crippen LogP contribution in [0.3, 0.4) is 0 Å². The van der Waals surface area contributed by atoms with Crippen molar-refractivity contribution in [1.82, 2.24) is 9.88 Å². The fourth-order valence-electron chi connectivity index (χ4n) is 2.56. The SMILES string of the molecule is Cl.Cl.Nc1ccccc1C(=O)N1CCN(c2ccc(Cl)cn2)CC1. The lowest BCUT2D eigenvalue weighted by molar-refractivity contribution is 0.0747. The molecule has 0 saturated carbocycles. The molecule has 0 unspecified atom stereocenters. The highest BCUT2D eigenvalue weighted by Crippen LogP contribution is 2.18. The summed E-state index contributed by atoms with van der Waals surface area (Å²) in [5.74, 6) is 0.873. The summed E-state index contributed by atoms with van der Waals surface area (Å²) in [6.45, 7) is 2.79. The normalized spacial score (nSPS) is 13.7. The first-order chi connectivity index (χ1) is 10.6. The van der Waals surface area contributed by atoms with E-state index in [0.717, 1.165) is 18.9 Å². The van der Waals surface area contributed by atoms with Crippen LogP contribution in [0, 0.1) is 0 Å². The van der Waals surface area contributed by atoms with E-state index in [9.17, 15) is 4.79 Å². The lowest BCUT2D eigenvalue weighted by Crippen LogP contribution is -2.49. The second-order valence-corrected chi connectivity index (χ2v) is 5.64. The van der Waals surface area contributed by atoms with Gasteiger partial charge in [-0.3, -0.25) is 4.79 Å². The Kier molecular flexibility index (Phi) is 7.60. The second-order valence-electron chi connectivity index (χ2n) is 5.20. The molecule has 0 radical (unpaired) electrons. The summed E-state index contributed by atoms with van der Waals surface area (Å²) in [6.07, 6.45) is 1.64. The van der Waals surface area contributed by atoms with Crippen molar-refractivity contribution in [3.63, 3.8) is 0 Å². The first-order valence-corrected chi connectivity index (χ1v) is 7.53. The summed E-state index contributed by atoms with van der Waals surface area (Å²) in [7, 11) is 0. The van der Waals surface area contributed by atoms with E-state index in [1.54, 1.807) is 18.3 Å². The van der Waals surface area contributed by atoms with Crippen LogP contribution in [0.5, 0.6) is 0 Å². The summed E-state index contributed by atoms with van der Waals surface area (Å²) in [5.41, 5.74) is 6.97. The fraction of sp³-hybridized carbons (Fsp3) is 0.250. The minimum Gasteiger partial charge on any atom is -0.398 e. The lowest BCUT2D eigenvalue weighted by atomic mass is 10.1. The maximum absolute atomic E-state index is 12.5. The van der Waals surface area contributed by atoms with Crippen molar-refractivity contribution in [1.29, 1.82) is 0 Å². The van der Waals surface area contributed by atoms with E-state index in [2.05, 4.69) is 9.88 Å². The number of carbonyl (C=O) groups excluding carboxylic acids is 1. The molecule has 0 bridgehead atoms. The topological polar surface area (TPSA) is 62.5 Å². The summed E-state index contributed by atoms with van der Waals surface area (Å²) in [4.78, 5) is 20.8. The molecule has 130 valence electrons. The number of nitrogen functional groups attached to an aromatic ring is 1. The lowest BCUT2D eigenvalue weighted by Gasteiger charge is -2.35. The second kappa shape index (κ2) is 8.97. The van der Waals surface area contributed by atoms with Crippen molar-refractivity contribution in [2.45, 2.75) is 0 Å². The maximum Gasteiger partial charge on any atom is 0.256 e. The molecule has 5 nitrogen and oxygen atoms in total. The summed E-state index contributed by atoms with van der Waals surface area (Å²) < 4.78 is 0. The third-order valence-electron chi connectivity index (χ3n) is 3.79. The van der Waals surface area contributed by atoms with Gasteiger partial charge in [0.15, 0.2) is 0 Å².